The lowest BCUT2D eigenvalue weighted by atomic mass is 10.2. The Balaban J connectivity index is 1.66. The molecule has 28 heavy (non-hydrogen) atoms. The van der Waals surface area contributed by atoms with Crippen LogP contribution in [0.2, 0.25) is 0 Å². The van der Waals surface area contributed by atoms with Gasteiger partial charge >= 0.3 is 11.9 Å². The standard InChI is InChI=1S/C22H24O6/c1-17(2)14-25-12-13-26-21(23)22(24)28-16-19-8-10-20(11-9-19)27-15-18-6-4-3-5-7-18/h3-11H,1,12-16H2,2H3. The van der Waals surface area contributed by atoms with Crippen LogP contribution in [-0.2, 0) is 37.0 Å². The summed E-state index contributed by atoms with van der Waals surface area (Å²) in [5.41, 5.74) is 2.67. The van der Waals surface area contributed by atoms with E-state index in [1.165, 1.54) is 0 Å². The van der Waals surface area contributed by atoms with E-state index in [-0.39, 0.29) is 19.8 Å². The van der Waals surface area contributed by atoms with Crippen LogP contribution in [0.1, 0.15) is 18.1 Å². The second-order valence-electron chi connectivity index (χ2n) is 6.14. The number of esters is 2. The highest BCUT2D eigenvalue weighted by Gasteiger charge is 2.17. The summed E-state index contributed by atoms with van der Waals surface area (Å²) in [4.78, 5) is 23.2. The SMILES string of the molecule is C=C(C)COCCOC(=O)C(=O)OCc1ccc(OCc2ccccc2)cc1. The fourth-order valence-corrected chi connectivity index (χ4v) is 2.13. The molecule has 0 aliphatic carbocycles. The molecule has 0 unspecified atom stereocenters. The van der Waals surface area contributed by atoms with Crippen LogP contribution in [0.5, 0.6) is 5.75 Å². The van der Waals surface area contributed by atoms with Crippen LogP contribution >= 0.6 is 0 Å². The Morgan fingerprint density at radius 3 is 2.14 bits per heavy atom. The van der Waals surface area contributed by atoms with Gasteiger partial charge in [-0.15, -0.1) is 0 Å². The minimum Gasteiger partial charge on any atom is -0.489 e. The highest BCUT2D eigenvalue weighted by atomic mass is 16.6. The molecule has 0 aromatic heterocycles. The number of hydrogen-bond acceptors (Lipinski definition) is 6. The number of ether oxygens (including phenoxy) is 4. The zero-order chi connectivity index (χ0) is 20.2. The van der Waals surface area contributed by atoms with Crippen molar-refractivity contribution in [2.75, 3.05) is 19.8 Å². The quantitative estimate of drug-likeness (QED) is 0.270. The first-order valence-electron chi connectivity index (χ1n) is 8.86. The van der Waals surface area contributed by atoms with Gasteiger partial charge in [0, 0.05) is 0 Å². The van der Waals surface area contributed by atoms with Crippen molar-refractivity contribution in [2.24, 2.45) is 0 Å². The van der Waals surface area contributed by atoms with Gasteiger partial charge < -0.3 is 18.9 Å². The fourth-order valence-electron chi connectivity index (χ4n) is 2.13. The highest BCUT2D eigenvalue weighted by Crippen LogP contribution is 2.15. The van der Waals surface area contributed by atoms with Crippen LogP contribution in [-0.4, -0.2) is 31.8 Å². The first-order chi connectivity index (χ1) is 13.5. The molecule has 0 heterocycles. The van der Waals surface area contributed by atoms with E-state index in [2.05, 4.69) is 6.58 Å². The van der Waals surface area contributed by atoms with Crippen LogP contribution in [0.25, 0.3) is 0 Å². The van der Waals surface area contributed by atoms with Gasteiger partial charge in [-0.3, -0.25) is 0 Å². The number of carbonyl (C=O) groups is 2. The van der Waals surface area contributed by atoms with E-state index in [1.807, 2.05) is 37.3 Å². The van der Waals surface area contributed by atoms with Crippen molar-refractivity contribution < 1.29 is 28.5 Å². The number of hydrogen-bond donors (Lipinski definition) is 0. The van der Waals surface area contributed by atoms with Crippen molar-refractivity contribution in [3.05, 3.63) is 77.9 Å². The van der Waals surface area contributed by atoms with Gasteiger partial charge in [0.1, 0.15) is 25.6 Å². The first kappa shape index (κ1) is 21.2. The van der Waals surface area contributed by atoms with Crippen molar-refractivity contribution in [3.63, 3.8) is 0 Å². The highest BCUT2D eigenvalue weighted by molar-refractivity contribution is 6.29. The Morgan fingerprint density at radius 2 is 1.46 bits per heavy atom. The van der Waals surface area contributed by atoms with E-state index >= 15 is 0 Å². The summed E-state index contributed by atoms with van der Waals surface area (Å²) >= 11 is 0. The minimum atomic E-state index is -1.04. The maximum atomic E-state index is 11.6. The van der Waals surface area contributed by atoms with Crippen molar-refractivity contribution >= 4 is 11.9 Å². The van der Waals surface area contributed by atoms with Crippen LogP contribution < -0.4 is 4.74 Å². The van der Waals surface area contributed by atoms with E-state index < -0.39 is 11.9 Å². The number of carbonyl (C=O) groups excluding carboxylic acids is 2. The average Bonchev–Trinajstić information content (AvgIpc) is 2.71. The topological polar surface area (TPSA) is 71.1 Å². The maximum absolute atomic E-state index is 11.6. The molecule has 0 fully saturated rings. The Labute approximate surface area is 164 Å². The summed E-state index contributed by atoms with van der Waals surface area (Å²) in [6.45, 7) is 6.50. The Hall–Kier alpha value is -3.12. The van der Waals surface area contributed by atoms with E-state index in [0.717, 1.165) is 16.7 Å². The molecule has 0 aliphatic rings. The van der Waals surface area contributed by atoms with Crippen molar-refractivity contribution in [2.45, 2.75) is 20.1 Å². The second-order valence-corrected chi connectivity index (χ2v) is 6.14. The third-order valence-corrected chi connectivity index (χ3v) is 3.52. The van der Waals surface area contributed by atoms with Crippen molar-refractivity contribution in [1.29, 1.82) is 0 Å². The molecular formula is C22H24O6. The molecule has 0 amide bonds. The molecule has 148 valence electrons. The Morgan fingerprint density at radius 1 is 0.821 bits per heavy atom. The Kier molecular flexibility index (Phi) is 8.75. The second kappa shape index (κ2) is 11.6. The van der Waals surface area contributed by atoms with Crippen molar-refractivity contribution in [3.8, 4) is 5.75 Å². The van der Waals surface area contributed by atoms with Gasteiger partial charge in [-0.05, 0) is 30.2 Å². The summed E-state index contributed by atoms with van der Waals surface area (Å²) in [5.74, 6) is -1.38. The predicted octanol–water partition coefficient (Wildman–Crippen LogP) is 3.44. The molecule has 0 bridgehead atoms. The molecule has 2 aromatic rings. The molecular weight excluding hydrogens is 360 g/mol. The summed E-state index contributed by atoms with van der Waals surface area (Å²) in [7, 11) is 0. The van der Waals surface area contributed by atoms with E-state index in [0.29, 0.717) is 19.0 Å². The van der Waals surface area contributed by atoms with Gasteiger partial charge in [-0.1, -0.05) is 54.6 Å². The lowest BCUT2D eigenvalue weighted by Crippen LogP contribution is -2.22. The minimum absolute atomic E-state index is 0.0192. The largest absolute Gasteiger partial charge is 0.489 e. The van der Waals surface area contributed by atoms with Crippen molar-refractivity contribution in [1.82, 2.24) is 0 Å². The van der Waals surface area contributed by atoms with E-state index in [4.69, 9.17) is 18.9 Å². The molecule has 0 saturated heterocycles. The predicted molar refractivity (Wildman–Crippen MR) is 104 cm³/mol. The molecule has 0 spiro atoms. The average molecular weight is 384 g/mol. The molecule has 0 aliphatic heterocycles. The van der Waals surface area contributed by atoms with E-state index in [9.17, 15) is 9.59 Å². The van der Waals surface area contributed by atoms with Gasteiger partial charge in [-0.2, -0.15) is 0 Å². The number of benzene rings is 2. The molecule has 0 atom stereocenters. The molecule has 2 rings (SSSR count). The lowest BCUT2D eigenvalue weighted by molar-refractivity contribution is -0.169. The first-order valence-corrected chi connectivity index (χ1v) is 8.86. The van der Waals surface area contributed by atoms with Gasteiger partial charge in [0.15, 0.2) is 0 Å². The lowest BCUT2D eigenvalue weighted by Gasteiger charge is -2.08. The molecule has 0 radical (unpaired) electrons. The third kappa shape index (κ3) is 8.05. The van der Waals surface area contributed by atoms with Gasteiger partial charge in [0.05, 0.1) is 13.2 Å². The van der Waals surface area contributed by atoms with Crippen LogP contribution in [0.3, 0.4) is 0 Å². The van der Waals surface area contributed by atoms with Crippen LogP contribution in [0.15, 0.2) is 66.7 Å². The molecule has 0 N–H and O–H groups in total. The molecule has 6 nitrogen and oxygen atoms in total. The van der Waals surface area contributed by atoms with Crippen LogP contribution in [0.4, 0.5) is 0 Å². The normalized spacial score (nSPS) is 10.2. The van der Waals surface area contributed by atoms with Gasteiger partial charge in [-0.25, -0.2) is 9.59 Å². The van der Waals surface area contributed by atoms with Crippen LogP contribution in [0, 0.1) is 0 Å². The molecule has 6 heteroatoms. The fraction of sp³-hybridized carbons (Fsp3) is 0.273. The molecule has 2 aromatic carbocycles. The summed E-state index contributed by atoms with van der Waals surface area (Å²) in [5, 5.41) is 0. The number of rotatable bonds is 10. The monoisotopic (exact) mass is 384 g/mol. The summed E-state index contributed by atoms with van der Waals surface area (Å²) < 4.78 is 20.6. The zero-order valence-electron chi connectivity index (χ0n) is 15.9. The third-order valence-electron chi connectivity index (χ3n) is 3.52. The summed E-state index contributed by atoms with van der Waals surface area (Å²) in [6.07, 6.45) is 0. The smallest absolute Gasteiger partial charge is 0.417 e. The van der Waals surface area contributed by atoms with Gasteiger partial charge in [0.25, 0.3) is 0 Å². The van der Waals surface area contributed by atoms with Gasteiger partial charge in [0.2, 0.25) is 0 Å². The summed E-state index contributed by atoms with van der Waals surface area (Å²) in [6, 6.07) is 16.9. The van der Waals surface area contributed by atoms with E-state index in [1.54, 1.807) is 24.3 Å². The Bertz CT molecular complexity index is 767. The maximum Gasteiger partial charge on any atom is 0.417 e. The zero-order valence-corrected chi connectivity index (χ0v) is 15.9. The molecule has 0 saturated carbocycles.